The van der Waals surface area contributed by atoms with Gasteiger partial charge in [-0.25, -0.2) is 4.98 Å². The van der Waals surface area contributed by atoms with Gasteiger partial charge in [0.05, 0.1) is 15.5 Å². The van der Waals surface area contributed by atoms with E-state index in [0.29, 0.717) is 0 Å². The fourth-order valence-corrected chi connectivity index (χ4v) is 4.51. The van der Waals surface area contributed by atoms with Crippen LogP contribution in [-0.4, -0.2) is 16.0 Å². The third-order valence-electron chi connectivity index (χ3n) is 3.05. The number of para-hydroxylation sites is 1. The lowest BCUT2D eigenvalue weighted by Gasteiger charge is -2.08. The number of benzene rings is 2. The number of carbonyl (C=O) groups excluding carboxylic acids is 1. The zero-order chi connectivity index (χ0) is 14.8. The van der Waals surface area contributed by atoms with E-state index >= 15 is 0 Å². The number of Topliss-reactive ketones (excluding diaryl/α,β-unsaturated/α-hetero) is 1. The Hall–Kier alpha value is -1.17. The first-order valence-corrected chi connectivity index (χ1v) is 8.94. The summed E-state index contributed by atoms with van der Waals surface area (Å²) in [6, 6.07) is 15.5. The Morgan fingerprint density at radius 2 is 1.90 bits per heavy atom. The predicted octanol–water partition coefficient (Wildman–Crippen LogP) is 5.42. The molecule has 0 radical (unpaired) electrons. The van der Waals surface area contributed by atoms with E-state index < -0.39 is 0 Å². The number of hydrogen-bond donors (Lipinski definition) is 0. The molecule has 0 saturated carbocycles. The van der Waals surface area contributed by atoms with Crippen LogP contribution >= 0.6 is 39.0 Å². The van der Waals surface area contributed by atoms with Crippen molar-refractivity contribution in [3.63, 3.8) is 0 Å². The molecule has 1 heterocycles. The maximum atomic E-state index is 12.4. The van der Waals surface area contributed by atoms with Crippen molar-refractivity contribution in [3.05, 3.63) is 58.6 Å². The molecule has 0 saturated heterocycles. The molecule has 3 aromatic rings. The van der Waals surface area contributed by atoms with Crippen molar-refractivity contribution < 1.29 is 4.79 Å². The molecular formula is C16H12BrNOS2. The van der Waals surface area contributed by atoms with E-state index in [1.54, 1.807) is 11.3 Å². The molecule has 3 rings (SSSR count). The molecule has 2 nitrogen and oxygen atoms in total. The summed E-state index contributed by atoms with van der Waals surface area (Å²) in [4.78, 5) is 17.0. The molecule has 0 amide bonds. The molecular weight excluding hydrogens is 366 g/mol. The summed E-state index contributed by atoms with van der Waals surface area (Å²) in [5, 5.41) is -0.147. The van der Waals surface area contributed by atoms with E-state index in [0.717, 1.165) is 24.6 Å². The molecule has 1 atom stereocenters. The van der Waals surface area contributed by atoms with Gasteiger partial charge in [0.2, 0.25) is 0 Å². The van der Waals surface area contributed by atoms with Gasteiger partial charge in [0, 0.05) is 10.0 Å². The highest BCUT2D eigenvalue weighted by molar-refractivity contribution is 9.10. The average Bonchev–Trinajstić information content (AvgIpc) is 2.89. The van der Waals surface area contributed by atoms with E-state index in [-0.39, 0.29) is 11.0 Å². The number of thiazole rings is 1. The van der Waals surface area contributed by atoms with Crippen LogP contribution in [0.5, 0.6) is 0 Å². The smallest absolute Gasteiger partial charge is 0.175 e. The van der Waals surface area contributed by atoms with Crippen LogP contribution in [0, 0.1) is 0 Å². The number of thioether (sulfide) groups is 1. The molecule has 21 heavy (non-hydrogen) atoms. The quantitative estimate of drug-likeness (QED) is 0.448. The van der Waals surface area contributed by atoms with Crippen LogP contribution in [0.15, 0.2) is 57.3 Å². The third-order valence-corrected chi connectivity index (χ3v) is 5.81. The Bertz CT molecular complexity index is 749. The molecule has 0 N–H and O–H groups in total. The number of fused-ring (bicyclic) bond motifs is 1. The molecule has 106 valence electrons. The third kappa shape index (κ3) is 3.36. The first kappa shape index (κ1) is 14.8. The Kier molecular flexibility index (Phi) is 4.42. The van der Waals surface area contributed by atoms with E-state index in [2.05, 4.69) is 27.0 Å². The SMILES string of the molecule is CC(Sc1nc2ccccc2s1)C(=O)c1ccc(Br)cc1. The van der Waals surface area contributed by atoms with E-state index in [4.69, 9.17) is 0 Å². The fraction of sp³-hybridized carbons (Fsp3) is 0.125. The first-order chi connectivity index (χ1) is 10.1. The molecule has 0 aliphatic rings. The monoisotopic (exact) mass is 377 g/mol. The van der Waals surface area contributed by atoms with Crippen molar-refractivity contribution in [1.82, 2.24) is 4.98 Å². The molecule has 0 bridgehead atoms. The first-order valence-electron chi connectivity index (χ1n) is 6.45. The lowest BCUT2D eigenvalue weighted by atomic mass is 10.1. The van der Waals surface area contributed by atoms with Crippen molar-refractivity contribution in [1.29, 1.82) is 0 Å². The van der Waals surface area contributed by atoms with Crippen LogP contribution in [-0.2, 0) is 0 Å². The molecule has 0 aliphatic carbocycles. The van der Waals surface area contributed by atoms with E-state index in [1.165, 1.54) is 11.8 Å². The van der Waals surface area contributed by atoms with Gasteiger partial charge < -0.3 is 0 Å². The molecule has 0 fully saturated rings. The standard InChI is InChI=1S/C16H12BrNOS2/c1-10(15(19)11-6-8-12(17)9-7-11)20-16-18-13-4-2-3-5-14(13)21-16/h2-10H,1H3. The largest absolute Gasteiger partial charge is 0.293 e. The van der Waals surface area contributed by atoms with Crippen LogP contribution in [0.1, 0.15) is 17.3 Å². The van der Waals surface area contributed by atoms with Gasteiger partial charge in [-0.2, -0.15) is 0 Å². The van der Waals surface area contributed by atoms with Crippen molar-refractivity contribution in [2.24, 2.45) is 0 Å². The topological polar surface area (TPSA) is 30.0 Å². The van der Waals surface area contributed by atoms with Gasteiger partial charge in [0.15, 0.2) is 10.1 Å². The fourth-order valence-electron chi connectivity index (χ4n) is 1.96. The average molecular weight is 378 g/mol. The van der Waals surface area contributed by atoms with Gasteiger partial charge in [0.25, 0.3) is 0 Å². The molecule has 5 heteroatoms. The summed E-state index contributed by atoms with van der Waals surface area (Å²) >= 11 is 6.54. The summed E-state index contributed by atoms with van der Waals surface area (Å²) in [6.45, 7) is 1.93. The number of ketones is 1. The van der Waals surface area contributed by atoms with Gasteiger partial charge >= 0.3 is 0 Å². The van der Waals surface area contributed by atoms with Crippen LogP contribution in [0.4, 0.5) is 0 Å². The number of nitrogens with zero attached hydrogens (tertiary/aromatic N) is 1. The highest BCUT2D eigenvalue weighted by Crippen LogP contribution is 2.33. The molecule has 1 unspecified atom stereocenters. The minimum absolute atomic E-state index is 0.131. The normalized spacial score (nSPS) is 12.5. The second-order valence-electron chi connectivity index (χ2n) is 4.58. The number of halogens is 1. The minimum Gasteiger partial charge on any atom is -0.293 e. The van der Waals surface area contributed by atoms with Crippen LogP contribution < -0.4 is 0 Å². The highest BCUT2D eigenvalue weighted by atomic mass is 79.9. The Balaban J connectivity index is 1.77. The van der Waals surface area contributed by atoms with Crippen LogP contribution in [0.3, 0.4) is 0 Å². The molecule has 2 aromatic carbocycles. The van der Waals surface area contributed by atoms with E-state index in [9.17, 15) is 4.79 Å². The molecule has 0 spiro atoms. The minimum atomic E-state index is -0.147. The summed E-state index contributed by atoms with van der Waals surface area (Å²) in [7, 11) is 0. The lowest BCUT2D eigenvalue weighted by Crippen LogP contribution is -2.13. The van der Waals surface area contributed by atoms with Gasteiger partial charge in [-0.1, -0.05) is 52.0 Å². The van der Waals surface area contributed by atoms with Crippen LogP contribution in [0.25, 0.3) is 10.2 Å². The number of aromatic nitrogens is 1. The molecule has 0 aliphatic heterocycles. The van der Waals surface area contributed by atoms with Crippen LogP contribution in [0.2, 0.25) is 0 Å². The summed E-state index contributed by atoms with van der Waals surface area (Å²) < 4.78 is 3.07. The Labute approximate surface area is 139 Å². The van der Waals surface area contributed by atoms with Crippen molar-refractivity contribution in [3.8, 4) is 0 Å². The Morgan fingerprint density at radius 3 is 2.62 bits per heavy atom. The van der Waals surface area contributed by atoms with Gasteiger partial charge in [0.1, 0.15) is 0 Å². The number of carbonyl (C=O) groups is 1. The lowest BCUT2D eigenvalue weighted by molar-refractivity contribution is 0.0994. The van der Waals surface area contributed by atoms with E-state index in [1.807, 2.05) is 49.4 Å². The molecule has 1 aromatic heterocycles. The van der Waals surface area contributed by atoms with Gasteiger partial charge in [-0.15, -0.1) is 11.3 Å². The van der Waals surface area contributed by atoms with Crippen molar-refractivity contribution in [2.45, 2.75) is 16.5 Å². The second kappa shape index (κ2) is 6.30. The maximum Gasteiger partial charge on any atom is 0.175 e. The number of hydrogen-bond acceptors (Lipinski definition) is 4. The Morgan fingerprint density at radius 1 is 1.19 bits per heavy atom. The zero-order valence-electron chi connectivity index (χ0n) is 11.2. The zero-order valence-corrected chi connectivity index (χ0v) is 14.5. The summed E-state index contributed by atoms with van der Waals surface area (Å²) in [5.74, 6) is 0.131. The van der Waals surface area contributed by atoms with Crippen molar-refractivity contribution >= 4 is 55.0 Å². The van der Waals surface area contributed by atoms with Crippen molar-refractivity contribution in [2.75, 3.05) is 0 Å². The maximum absolute atomic E-state index is 12.4. The second-order valence-corrected chi connectivity index (χ2v) is 8.11. The predicted molar refractivity (Wildman–Crippen MR) is 93.4 cm³/mol. The van der Waals surface area contributed by atoms with Gasteiger partial charge in [-0.3, -0.25) is 4.79 Å². The highest BCUT2D eigenvalue weighted by Gasteiger charge is 2.18. The van der Waals surface area contributed by atoms with Gasteiger partial charge in [-0.05, 0) is 31.2 Å². The number of rotatable bonds is 4. The summed E-state index contributed by atoms with van der Waals surface area (Å²) in [6.07, 6.45) is 0. The summed E-state index contributed by atoms with van der Waals surface area (Å²) in [5.41, 5.74) is 1.73.